The van der Waals surface area contributed by atoms with Crippen molar-refractivity contribution >= 4 is 11.9 Å². The maximum Gasteiger partial charge on any atom is 0.319 e. The van der Waals surface area contributed by atoms with E-state index in [0.717, 1.165) is 17.7 Å². The summed E-state index contributed by atoms with van der Waals surface area (Å²) in [5.41, 5.74) is 1.68. The Morgan fingerprint density at radius 3 is 2.64 bits per heavy atom. The second kappa shape index (κ2) is 8.46. The lowest BCUT2D eigenvalue weighted by Crippen LogP contribution is -2.49. The van der Waals surface area contributed by atoms with Crippen molar-refractivity contribution in [1.82, 2.24) is 19.3 Å². The summed E-state index contributed by atoms with van der Waals surface area (Å²) < 4.78 is 16.0. The number of hydrogen-bond donors (Lipinski definition) is 0. The minimum Gasteiger partial charge on any atom is -0.348 e. The van der Waals surface area contributed by atoms with Crippen molar-refractivity contribution in [2.24, 2.45) is 0 Å². The molecule has 6 nitrogen and oxygen atoms in total. The number of amides is 3. The molecule has 0 N–H and O–H groups in total. The van der Waals surface area contributed by atoms with Crippen LogP contribution in [0.4, 0.5) is 9.18 Å². The van der Waals surface area contributed by atoms with E-state index in [1.54, 1.807) is 30.0 Å². The second-order valence-electron chi connectivity index (χ2n) is 7.27. The van der Waals surface area contributed by atoms with Gasteiger partial charge in [0.2, 0.25) is 5.91 Å². The average Bonchev–Trinajstić information content (AvgIpc) is 3.14. The van der Waals surface area contributed by atoms with Gasteiger partial charge in [-0.25, -0.2) is 9.18 Å². The summed E-state index contributed by atoms with van der Waals surface area (Å²) in [6, 6.07) is 9.72. The van der Waals surface area contributed by atoms with Crippen LogP contribution in [0.15, 0.2) is 42.6 Å². The van der Waals surface area contributed by atoms with Gasteiger partial charge in [0, 0.05) is 45.6 Å². The Hall–Kier alpha value is -2.83. The van der Waals surface area contributed by atoms with E-state index in [2.05, 4.69) is 4.57 Å². The van der Waals surface area contributed by atoms with Gasteiger partial charge in [-0.1, -0.05) is 19.1 Å². The quantitative estimate of drug-likeness (QED) is 0.793. The van der Waals surface area contributed by atoms with Gasteiger partial charge in [0.1, 0.15) is 12.4 Å². The number of benzene rings is 1. The van der Waals surface area contributed by atoms with E-state index in [-0.39, 0.29) is 30.3 Å². The number of hydrogen-bond acceptors (Lipinski definition) is 2. The third-order valence-electron chi connectivity index (χ3n) is 5.00. The summed E-state index contributed by atoms with van der Waals surface area (Å²) in [4.78, 5) is 30.5. The van der Waals surface area contributed by atoms with Crippen LogP contribution in [0.25, 0.3) is 0 Å². The number of fused-ring (bicyclic) bond motifs is 1. The van der Waals surface area contributed by atoms with Crippen molar-refractivity contribution in [3.05, 3.63) is 59.7 Å². The van der Waals surface area contributed by atoms with Crippen LogP contribution < -0.4 is 0 Å². The van der Waals surface area contributed by atoms with E-state index < -0.39 is 0 Å². The van der Waals surface area contributed by atoms with Crippen molar-refractivity contribution in [3.8, 4) is 0 Å². The van der Waals surface area contributed by atoms with E-state index in [4.69, 9.17) is 0 Å². The Bertz CT molecular complexity index is 848. The van der Waals surface area contributed by atoms with Gasteiger partial charge in [0.05, 0.1) is 6.04 Å². The summed E-state index contributed by atoms with van der Waals surface area (Å²) in [5, 5.41) is 0. The fourth-order valence-corrected chi connectivity index (χ4v) is 3.73. The number of carbonyl (C=O) groups excluding carboxylic acids is 2. The van der Waals surface area contributed by atoms with Crippen molar-refractivity contribution in [1.29, 1.82) is 0 Å². The molecular formula is C21H27FN4O2. The van der Waals surface area contributed by atoms with Crippen molar-refractivity contribution in [2.75, 3.05) is 33.7 Å². The lowest BCUT2D eigenvalue weighted by Gasteiger charge is -2.38. The highest BCUT2D eigenvalue weighted by molar-refractivity contribution is 5.84. The third kappa shape index (κ3) is 4.03. The monoisotopic (exact) mass is 386 g/mol. The van der Waals surface area contributed by atoms with Crippen LogP contribution in [0, 0.1) is 5.82 Å². The summed E-state index contributed by atoms with van der Waals surface area (Å²) >= 11 is 0. The van der Waals surface area contributed by atoms with Crippen LogP contribution in [-0.4, -0.2) is 64.9 Å². The van der Waals surface area contributed by atoms with Crippen LogP contribution in [0.1, 0.15) is 30.6 Å². The van der Waals surface area contributed by atoms with Gasteiger partial charge in [-0.15, -0.1) is 0 Å². The minimum atomic E-state index is -0.370. The second-order valence-corrected chi connectivity index (χ2v) is 7.27. The number of halogens is 1. The molecule has 28 heavy (non-hydrogen) atoms. The Labute approximate surface area is 165 Å². The highest BCUT2D eigenvalue weighted by Crippen LogP contribution is 2.32. The molecule has 0 saturated carbocycles. The lowest BCUT2D eigenvalue weighted by molar-refractivity contribution is -0.134. The molecule has 0 radical (unpaired) electrons. The fraction of sp³-hybridized carbons (Fsp3) is 0.429. The number of carbonyl (C=O) groups is 2. The zero-order valence-electron chi connectivity index (χ0n) is 16.6. The minimum absolute atomic E-state index is 0.0113. The first kappa shape index (κ1) is 19.9. The molecule has 0 aliphatic carbocycles. The first-order valence-electron chi connectivity index (χ1n) is 9.58. The average molecular weight is 386 g/mol. The molecule has 3 amide bonds. The zero-order valence-corrected chi connectivity index (χ0v) is 16.6. The largest absolute Gasteiger partial charge is 0.348 e. The molecule has 1 unspecified atom stereocenters. The van der Waals surface area contributed by atoms with Crippen LogP contribution in [-0.2, 0) is 11.3 Å². The molecule has 0 saturated heterocycles. The van der Waals surface area contributed by atoms with Crippen molar-refractivity contribution < 1.29 is 14.0 Å². The first-order valence-corrected chi connectivity index (χ1v) is 9.58. The Kier molecular flexibility index (Phi) is 6.02. The Morgan fingerprint density at radius 1 is 1.18 bits per heavy atom. The van der Waals surface area contributed by atoms with E-state index in [0.29, 0.717) is 19.6 Å². The molecule has 1 aliphatic rings. The molecule has 3 rings (SSSR count). The molecule has 0 bridgehead atoms. The van der Waals surface area contributed by atoms with Crippen LogP contribution in [0.5, 0.6) is 0 Å². The summed E-state index contributed by atoms with van der Waals surface area (Å²) in [6.07, 6.45) is 2.74. The van der Waals surface area contributed by atoms with Gasteiger partial charge in [0.15, 0.2) is 0 Å². The van der Waals surface area contributed by atoms with Crippen LogP contribution >= 0.6 is 0 Å². The molecule has 0 fully saturated rings. The Balaban J connectivity index is 1.90. The smallest absolute Gasteiger partial charge is 0.319 e. The molecule has 2 heterocycles. The number of urea groups is 1. The van der Waals surface area contributed by atoms with Gasteiger partial charge >= 0.3 is 6.03 Å². The zero-order chi connectivity index (χ0) is 20.3. The molecular weight excluding hydrogens is 359 g/mol. The maximum atomic E-state index is 13.9. The number of rotatable bonds is 5. The van der Waals surface area contributed by atoms with E-state index in [1.165, 1.54) is 17.0 Å². The van der Waals surface area contributed by atoms with Gasteiger partial charge in [-0.05, 0) is 36.2 Å². The predicted molar refractivity (Wildman–Crippen MR) is 105 cm³/mol. The molecule has 1 aliphatic heterocycles. The van der Waals surface area contributed by atoms with Gasteiger partial charge in [0.25, 0.3) is 0 Å². The summed E-state index contributed by atoms with van der Waals surface area (Å²) in [5.74, 6) is -0.464. The first-order chi connectivity index (χ1) is 13.4. The molecule has 0 spiro atoms. The van der Waals surface area contributed by atoms with E-state index in [9.17, 15) is 14.0 Å². The van der Waals surface area contributed by atoms with Gasteiger partial charge in [-0.2, -0.15) is 0 Å². The van der Waals surface area contributed by atoms with Gasteiger partial charge < -0.3 is 19.3 Å². The SMILES string of the molecule is CCCN(CC(=O)N1CCn2cccc2C1c1cccc(F)c1)C(=O)N(C)C. The molecule has 1 aromatic carbocycles. The van der Waals surface area contributed by atoms with E-state index >= 15 is 0 Å². The lowest BCUT2D eigenvalue weighted by atomic mass is 9.99. The van der Waals surface area contributed by atoms with E-state index in [1.807, 2.05) is 31.3 Å². The van der Waals surface area contributed by atoms with Gasteiger partial charge in [-0.3, -0.25) is 4.79 Å². The predicted octanol–water partition coefficient (Wildman–Crippen LogP) is 2.95. The normalized spacial score (nSPS) is 15.9. The fourth-order valence-electron chi connectivity index (χ4n) is 3.73. The standard InChI is InChI=1S/C21H27FN4O2/c1-4-10-25(21(28)23(2)3)15-19(27)26-13-12-24-11-6-9-18(24)20(26)16-7-5-8-17(22)14-16/h5-9,11,14,20H,4,10,12-13,15H2,1-3H3. The summed E-state index contributed by atoms with van der Waals surface area (Å²) in [7, 11) is 3.36. The summed E-state index contributed by atoms with van der Waals surface area (Å²) in [6.45, 7) is 3.69. The number of aromatic nitrogens is 1. The Morgan fingerprint density at radius 2 is 1.96 bits per heavy atom. The van der Waals surface area contributed by atoms with Crippen molar-refractivity contribution in [3.63, 3.8) is 0 Å². The molecule has 150 valence electrons. The maximum absolute atomic E-state index is 13.9. The van der Waals surface area contributed by atoms with Crippen LogP contribution in [0.2, 0.25) is 0 Å². The van der Waals surface area contributed by atoms with Crippen LogP contribution in [0.3, 0.4) is 0 Å². The molecule has 7 heteroatoms. The third-order valence-corrected chi connectivity index (χ3v) is 5.00. The topological polar surface area (TPSA) is 48.8 Å². The molecule has 1 aromatic heterocycles. The highest BCUT2D eigenvalue weighted by Gasteiger charge is 2.33. The highest BCUT2D eigenvalue weighted by atomic mass is 19.1. The molecule has 1 atom stereocenters. The molecule has 2 aromatic rings. The van der Waals surface area contributed by atoms with Crippen molar-refractivity contribution in [2.45, 2.75) is 25.9 Å². The number of nitrogens with zero attached hydrogens (tertiary/aromatic N) is 4.